The molecule has 1 aromatic heterocycles. The third-order valence-electron chi connectivity index (χ3n) is 7.18. The summed E-state index contributed by atoms with van der Waals surface area (Å²) in [4.78, 5) is 23.6. The van der Waals surface area contributed by atoms with Gasteiger partial charge in [0.05, 0.1) is 17.4 Å². The van der Waals surface area contributed by atoms with Crippen molar-refractivity contribution < 1.29 is 4.74 Å². The lowest BCUT2D eigenvalue weighted by molar-refractivity contribution is 0.110. The van der Waals surface area contributed by atoms with Crippen molar-refractivity contribution in [2.75, 3.05) is 32.8 Å². The third kappa shape index (κ3) is 6.58. The van der Waals surface area contributed by atoms with Gasteiger partial charge in [-0.2, -0.15) is 0 Å². The fourth-order valence-electron chi connectivity index (χ4n) is 4.92. The Morgan fingerprint density at radius 3 is 2.38 bits per heavy atom. The van der Waals surface area contributed by atoms with Gasteiger partial charge in [0.15, 0.2) is 0 Å². The maximum Gasteiger partial charge on any atom is 0.262 e. The number of para-hydroxylation sites is 1. The van der Waals surface area contributed by atoms with E-state index in [1.807, 2.05) is 97.3 Å². The summed E-state index contributed by atoms with van der Waals surface area (Å²) in [6.07, 6.45) is 8.49. The van der Waals surface area contributed by atoms with Crippen molar-refractivity contribution in [2.45, 2.75) is 40.2 Å². The van der Waals surface area contributed by atoms with Crippen LogP contribution in [0.25, 0.3) is 11.8 Å². The van der Waals surface area contributed by atoms with Crippen LogP contribution in [0, 0.1) is 6.92 Å². The SMILES string of the molecule is C=C(COc1ccccc1)N1CCN(C(C)c2nc3c(c(=O)n2-c2ccc(C)cc2)CC=CC=C3)CC1.CC. The Labute approximate surface area is 232 Å². The molecule has 0 spiro atoms. The molecule has 3 aromatic rings. The van der Waals surface area contributed by atoms with E-state index >= 15 is 0 Å². The zero-order valence-corrected chi connectivity index (χ0v) is 23.6. The summed E-state index contributed by atoms with van der Waals surface area (Å²) < 4.78 is 7.71. The van der Waals surface area contributed by atoms with Gasteiger partial charge in [0.1, 0.15) is 18.2 Å². The predicted molar refractivity (Wildman–Crippen MR) is 160 cm³/mol. The van der Waals surface area contributed by atoms with Crippen molar-refractivity contribution in [1.82, 2.24) is 19.4 Å². The lowest BCUT2D eigenvalue weighted by Gasteiger charge is -2.40. The van der Waals surface area contributed by atoms with Crippen molar-refractivity contribution in [3.05, 3.63) is 118 Å². The molecule has 2 heterocycles. The summed E-state index contributed by atoms with van der Waals surface area (Å²) in [7, 11) is 0. The first-order valence-electron chi connectivity index (χ1n) is 13.9. The van der Waals surface area contributed by atoms with E-state index in [9.17, 15) is 4.79 Å². The number of benzene rings is 2. The molecule has 6 heteroatoms. The molecule has 5 rings (SSSR count). The zero-order valence-electron chi connectivity index (χ0n) is 23.6. The number of fused-ring (bicyclic) bond motifs is 1. The van der Waals surface area contributed by atoms with Crippen LogP contribution in [0.3, 0.4) is 0 Å². The van der Waals surface area contributed by atoms with Crippen molar-refractivity contribution in [1.29, 1.82) is 0 Å². The van der Waals surface area contributed by atoms with Gasteiger partial charge in [-0.05, 0) is 50.6 Å². The summed E-state index contributed by atoms with van der Waals surface area (Å²) >= 11 is 0. The van der Waals surface area contributed by atoms with Crippen molar-refractivity contribution in [3.63, 3.8) is 0 Å². The second-order valence-electron chi connectivity index (χ2n) is 9.67. The maximum absolute atomic E-state index is 13.8. The first kappa shape index (κ1) is 28.1. The number of piperazine rings is 1. The minimum atomic E-state index is -0.0279. The number of rotatable bonds is 7. The Hall–Kier alpha value is -3.90. The Balaban J connectivity index is 0.00000172. The molecule has 6 nitrogen and oxygen atoms in total. The van der Waals surface area contributed by atoms with Crippen LogP contribution in [0.1, 0.15) is 49.5 Å². The minimum absolute atomic E-state index is 0.0111. The smallest absolute Gasteiger partial charge is 0.262 e. The summed E-state index contributed by atoms with van der Waals surface area (Å²) in [6, 6.07) is 17.9. The fraction of sp³-hybridized carbons (Fsp3) is 0.333. The van der Waals surface area contributed by atoms with Gasteiger partial charge in [-0.3, -0.25) is 14.3 Å². The molecule has 0 amide bonds. The highest BCUT2D eigenvalue weighted by Crippen LogP contribution is 2.25. The molecule has 0 saturated carbocycles. The lowest BCUT2D eigenvalue weighted by atomic mass is 10.1. The Morgan fingerprint density at radius 2 is 1.69 bits per heavy atom. The quantitative estimate of drug-likeness (QED) is 0.382. The molecule has 1 aliphatic heterocycles. The Kier molecular flexibility index (Phi) is 9.55. The number of aryl methyl sites for hydroxylation is 1. The van der Waals surface area contributed by atoms with Crippen molar-refractivity contribution >= 4 is 6.08 Å². The summed E-state index contributed by atoms with van der Waals surface area (Å²) in [5, 5.41) is 0. The van der Waals surface area contributed by atoms with E-state index in [0.717, 1.165) is 66.0 Å². The van der Waals surface area contributed by atoms with E-state index in [-0.39, 0.29) is 11.6 Å². The fourth-order valence-corrected chi connectivity index (χ4v) is 4.92. The normalized spacial score (nSPS) is 15.5. The van der Waals surface area contributed by atoms with Crippen LogP contribution < -0.4 is 10.3 Å². The molecule has 39 heavy (non-hydrogen) atoms. The topological polar surface area (TPSA) is 50.6 Å². The predicted octanol–water partition coefficient (Wildman–Crippen LogP) is 5.96. The largest absolute Gasteiger partial charge is 0.487 e. The maximum atomic E-state index is 13.8. The molecule has 2 aromatic carbocycles. The number of ether oxygens (including phenoxy) is 1. The standard InChI is InChI=1S/C31H34N4O2.C2H6/c1-23-14-16-26(17-15-23)35-30(32-29-13-9-5-8-12-28(29)31(35)36)25(3)34-20-18-33(19-21-34)24(2)22-37-27-10-6-4-7-11-27;1-2/h4-11,13-17,25H,2,12,18-22H2,1,3H3;1-2H3. The van der Waals surface area contributed by atoms with E-state index < -0.39 is 0 Å². The second kappa shape index (κ2) is 13.3. The van der Waals surface area contributed by atoms with Crippen LogP contribution >= 0.6 is 0 Å². The molecule has 1 aliphatic carbocycles. The number of hydrogen-bond donors (Lipinski definition) is 0. The second-order valence-corrected chi connectivity index (χ2v) is 9.67. The molecule has 1 saturated heterocycles. The summed E-state index contributed by atoms with van der Waals surface area (Å²) in [5.41, 5.74) is 4.51. The van der Waals surface area contributed by atoms with E-state index in [4.69, 9.17) is 9.72 Å². The zero-order chi connectivity index (χ0) is 27.8. The highest BCUT2D eigenvalue weighted by molar-refractivity contribution is 5.54. The molecule has 1 fully saturated rings. The van der Waals surface area contributed by atoms with Crippen LogP contribution in [0.2, 0.25) is 0 Å². The molecule has 1 unspecified atom stereocenters. The molecule has 204 valence electrons. The molecule has 0 N–H and O–H groups in total. The van der Waals surface area contributed by atoms with Gasteiger partial charge in [0, 0.05) is 37.4 Å². The van der Waals surface area contributed by atoms with Crippen LogP contribution in [-0.2, 0) is 6.42 Å². The van der Waals surface area contributed by atoms with Crippen LogP contribution in [0.4, 0.5) is 0 Å². The third-order valence-corrected chi connectivity index (χ3v) is 7.18. The van der Waals surface area contributed by atoms with Gasteiger partial charge in [-0.1, -0.05) is 74.5 Å². The molecule has 2 aliphatic rings. The molecule has 1 atom stereocenters. The van der Waals surface area contributed by atoms with E-state index in [0.29, 0.717) is 13.0 Å². The number of hydrogen-bond acceptors (Lipinski definition) is 5. The van der Waals surface area contributed by atoms with Crippen molar-refractivity contribution in [2.24, 2.45) is 0 Å². The molecular formula is C33H40N4O2. The molecular weight excluding hydrogens is 484 g/mol. The van der Waals surface area contributed by atoms with Crippen LogP contribution in [0.5, 0.6) is 5.75 Å². The lowest BCUT2D eigenvalue weighted by Crippen LogP contribution is -2.48. The average molecular weight is 525 g/mol. The molecule has 0 radical (unpaired) electrons. The van der Waals surface area contributed by atoms with E-state index in [1.165, 1.54) is 0 Å². The molecule has 0 bridgehead atoms. The number of nitrogens with zero attached hydrogens (tertiary/aromatic N) is 4. The number of allylic oxidation sites excluding steroid dienone is 3. The van der Waals surface area contributed by atoms with E-state index in [1.54, 1.807) is 0 Å². The van der Waals surface area contributed by atoms with E-state index in [2.05, 4.69) is 30.2 Å². The van der Waals surface area contributed by atoms with Crippen LogP contribution in [0.15, 0.2) is 89.9 Å². The Morgan fingerprint density at radius 1 is 1.00 bits per heavy atom. The monoisotopic (exact) mass is 524 g/mol. The highest BCUT2D eigenvalue weighted by atomic mass is 16.5. The first-order chi connectivity index (χ1) is 19.0. The average Bonchev–Trinajstić information content (AvgIpc) is 3.24. The summed E-state index contributed by atoms with van der Waals surface area (Å²) in [5.74, 6) is 1.63. The van der Waals surface area contributed by atoms with Gasteiger partial charge in [0.25, 0.3) is 5.56 Å². The van der Waals surface area contributed by atoms with Gasteiger partial charge in [0.2, 0.25) is 0 Å². The number of aromatic nitrogens is 2. The minimum Gasteiger partial charge on any atom is -0.487 e. The van der Waals surface area contributed by atoms with Crippen LogP contribution in [-0.4, -0.2) is 52.1 Å². The van der Waals surface area contributed by atoms with Gasteiger partial charge >= 0.3 is 0 Å². The van der Waals surface area contributed by atoms with Gasteiger partial charge in [-0.15, -0.1) is 0 Å². The van der Waals surface area contributed by atoms with Crippen molar-refractivity contribution in [3.8, 4) is 11.4 Å². The highest BCUT2D eigenvalue weighted by Gasteiger charge is 2.28. The summed E-state index contributed by atoms with van der Waals surface area (Å²) in [6.45, 7) is 16.3. The van der Waals surface area contributed by atoms with Gasteiger partial charge < -0.3 is 9.64 Å². The Bertz CT molecular complexity index is 1370. The first-order valence-corrected chi connectivity index (χ1v) is 13.9. The van der Waals surface area contributed by atoms with Gasteiger partial charge in [-0.25, -0.2) is 4.98 Å².